The predicted octanol–water partition coefficient (Wildman–Crippen LogP) is 2.09. The lowest BCUT2D eigenvalue weighted by molar-refractivity contribution is -0.117. The maximum absolute atomic E-state index is 10.4. The molecule has 0 saturated carbocycles. The number of hydrogen-bond donors (Lipinski definition) is 1. The summed E-state index contributed by atoms with van der Waals surface area (Å²) in [5.41, 5.74) is 0. The highest BCUT2D eigenvalue weighted by atomic mass is 80.0. The van der Waals surface area contributed by atoms with E-state index in [2.05, 4.69) is 47.8 Å². The second-order valence-electron chi connectivity index (χ2n) is 0.921. The summed E-state index contributed by atoms with van der Waals surface area (Å²) in [6.45, 7) is 0. The van der Waals surface area contributed by atoms with Gasteiger partial charge >= 0.3 is 0 Å². The lowest BCUT2D eigenvalue weighted by atomic mass is 10.8. The molecule has 0 aliphatic rings. The highest BCUT2D eigenvalue weighted by Gasteiger charge is 2.27. The summed E-state index contributed by atoms with van der Waals surface area (Å²) in [6.07, 6.45) is 0. The number of nitrogens with one attached hydrogen (secondary N) is 1. The van der Waals surface area contributed by atoms with Crippen LogP contribution in [0.3, 0.4) is 0 Å². The summed E-state index contributed by atoms with van der Waals surface area (Å²) in [5.74, 6) is -0.404. The third-order valence-corrected chi connectivity index (χ3v) is 1.60. The van der Waals surface area contributed by atoms with Crippen LogP contribution in [-0.4, -0.2) is 8.05 Å². The number of rotatable bonds is 0. The summed E-state index contributed by atoms with van der Waals surface area (Å²) < 4.78 is -0.936. The average molecular weight is 330 g/mol. The van der Waals surface area contributed by atoms with Gasteiger partial charge in [-0.15, -0.1) is 0 Å². The molecule has 48 valence electrons. The molecule has 0 rings (SSSR count). The molecule has 8 heavy (non-hydrogen) atoms. The standard InChI is InChI=1S/C2HBr3ClNO/c3-2(4,5)1(8)7-6/h(H,7,8). The van der Waals surface area contributed by atoms with E-state index in [4.69, 9.17) is 11.8 Å². The number of halogens is 4. The van der Waals surface area contributed by atoms with Crippen molar-refractivity contribution in [1.29, 1.82) is 0 Å². The number of carbonyl (C=O) groups is 1. The summed E-state index contributed by atoms with van der Waals surface area (Å²) >= 11 is 13.8. The first-order chi connectivity index (χ1) is 3.48. The second kappa shape index (κ2) is 3.39. The highest BCUT2D eigenvalue weighted by Crippen LogP contribution is 2.33. The lowest BCUT2D eigenvalue weighted by Gasteiger charge is -2.06. The maximum atomic E-state index is 10.4. The zero-order chi connectivity index (χ0) is 6.78. The van der Waals surface area contributed by atoms with Crippen LogP contribution < -0.4 is 4.84 Å². The number of alkyl halides is 3. The molecule has 0 aromatic rings. The first-order valence-corrected chi connectivity index (χ1v) is 4.22. The second-order valence-corrected chi connectivity index (χ2v) is 7.87. The molecular formula is C2HBr3ClNO. The van der Waals surface area contributed by atoms with Crippen LogP contribution in [0, 0.1) is 0 Å². The molecule has 0 radical (unpaired) electrons. The Morgan fingerprint density at radius 3 is 1.88 bits per heavy atom. The Hall–Kier alpha value is 1.20. The Balaban J connectivity index is 3.82. The van der Waals surface area contributed by atoms with Crippen molar-refractivity contribution in [2.75, 3.05) is 0 Å². The Labute approximate surface area is 76.8 Å². The van der Waals surface area contributed by atoms with E-state index in [9.17, 15) is 4.79 Å². The van der Waals surface area contributed by atoms with Crippen LogP contribution in [-0.2, 0) is 4.79 Å². The monoisotopic (exact) mass is 327 g/mol. The molecule has 0 atom stereocenters. The molecule has 0 unspecified atom stereocenters. The molecule has 0 saturated heterocycles. The fraction of sp³-hybridized carbons (Fsp3) is 0.500. The van der Waals surface area contributed by atoms with Crippen LogP contribution in [0.25, 0.3) is 0 Å². The zero-order valence-corrected chi connectivity index (χ0v) is 8.93. The van der Waals surface area contributed by atoms with E-state index in [0.29, 0.717) is 0 Å². The van der Waals surface area contributed by atoms with Crippen molar-refractivity contribution in [2.45, 2.75) is 2.14 Å². The predicted molar refractivity (Wildman–Crippen MR) is 43.5 cm³/mol. The van der Waals surface area contributed by atoms with Crippen LogP contribution in [0.1, 0.15) is 0 Å². The van der Waals surface area contributed by atoms with Crippen LogP contribution in [0.15, 0.2) is 0 Å². The Morgan fingerprint density at radius 2 is 1.88 bits per heavy atom. The summed E-state index contributed by atoms with van der Waals surface area (Å²) in [5, 5.41) is 0. The van der Waals surface area contributed by atoms with Crippen LogP contribution >= 0.6 is 59.6 Å². The maximum Gasteiger partial charge on any atom is 0.273 e. The van der Waals surface area contributed by atoms with E-state index in [1.54, 1.807) is 0 Å². The third kappa shape index (κ3) is 3.27. The molecule has 0 bridgehead atoms. The number of hydrogen-bond acceptors (Lipinski definition) is 1. The summed E-state index contributed by atoms with van der Waals surface area (Å²) in [6, 6.07) is 0. The van der Waals surface area contributed by atoms with Gasteiger partial charge in [0.15, 0.2) is 0 Å². The van der Waals surface area contributed by atoms with Gasteiger partial charge in [-0.2, -0.15) is 0 Å². The van der Waals surface area contributed by atoms with Gasteiger partial charge in [-0.05, 0) is 47.8 Å². The fourth-order valence-electron chi connectivity index (χ4n) is 0.0536. The van der Waals surface area contributed by atoms with Gasteiger partial charge in [0, 0.05) is 11.8 Å². The van der Waals surface area contributed by atoms with Crippen LogP contribution in [0.4, 0.5) is 0 Å². The van der Waals surface area contributed by atoms with E-state index in [1.807, 2.05) is 4.84 Å². The summed E-state index contributed by atoms with van der Waals surface area (Å²) in [4.78, 5) is 12.3. The van der Waals surface area contributed by atoms with E-state index >= 15 is 0 Å². The SMILES string of the molecule is O=C(NCl)C(Br)(Br)Br. The van der Waals surface area contributed by atoms with Gasteiger partial charge in [-0.25, -0.2) is 0 Å². The van der Waals surface area contributed by atoms with Crippen molar-refractivity contribution < 1.29 is 4.79 Å². The smallest absolute Gasteiger partial charge is 0.270 e. The lowest BCUT2D eigenvalue weighted by Crippen LogP contribution is -2.26. The number of amides is 1. The molecule has 0 aromatic carbocycles. The van der Waals surface area contributed by atoms with Crippen molar-refractivity contribution in [2.24, 2.45) is 0 Å². The Morgan fingerprint density at radius 1 is 1.50 bits per heavy atom. The van der Waals surface area contributed by atoms with Gasteiger partial charge in [0.2, 0.25) is 2.14 Å². The molecule has 0 spiro atoms. The first kappa shape index (κ1) is 9.20. The fourth-order valence-corrected chi connectivity index (χ4v) is 0.835. The van der Waals surface area contributed by atoms with E-state index in [-0.39, 0.29) is 0 Å². The Kier molecular flexibility index (Phi) is 3.90. The van der Waals surface area contributed by atoms with Gasteiger partial charge in [-0.3, -0.25) is 9.63 Å². The molecule has 0 heterocycles. The molecule has 2 nitrogen and oxygen atoms in total. The largest absolute Gasteiger partial charge is 0.273 e. The van der Waals surface area contributed by atoms with Crippen molar-refractivity contribution in [1.82, 2.24) is 4.84 Å². The van der Waals surface area contributed by atoms with Gasteiger partial charge in [0.1, 0.15) is 0 Å². The van der Waals surface area contributed by atoms with Gasteiger partial charge in [0.25, 0.3) is 5.91 Å². The van der Waals surface area contributed by atoms with Crippen LogP contribution in [0.2, 0.25) is 0 Å². The molecule has 1 N–H and O–H groups in total. The van der Waals surface area contributed by atoms with Gasteiger partial charge < -0.3 is 0 Å². The molecule has 0 aliphatic heterocycles. The molecule has 6 heteroatoms. The van der Waals surface area contributed by atoms with E-state index < -0.39 is 8.05 Å². The van der Waals surface area contributed by atoms with E-state index in [1.165, 1.54) is 0 Å². The van der Waals surface area contributed by atoms with E-state index in [0.717, 1.165) is 0 Å². The van der Waals surface area contributed by atoms with Crippen molar-refractivity contribution in [3.05, 3.63) is 0 Å². The molecule has 0 fully saturated rings. The zero-order valence-electron chi connectivity index (χ0n) is 3.42. The first-order valence-electron chi connectivity index (χ1n) is 1.46. The molecular weight excluding hydrogens is 329 g/mol. The van der Waals surface area contributed by atoms with Crippen LogP contribution in [0.5, 0.6) is 0 Å². The van der Waals surface area contributed by atoms with Gasteiger partial charge in [0.05, 0.1) is 0 Å². The molecule has 1 amide bonds. The molecule has 0 aliphatic carbocycles. The minimum absolute atomic E-state index is 0.404. The van der Waals surface area contributed by atoms with Crippen molar-refractivity contribution in [3.63, 3.8) is 0 Å². The topological polar surface area (TPSA) is 29.1 Å². The quantitative estimate of drug-likeness (QED) is 0.535. The van der Waals surface area contributed by atoms with Gasteiger partial charge in [-0.1, -0.05) is 0 Å². The number of carbonyl (C=O) groups excluding carboxylic acids is 1. The highest BCUT2D eigenvalue weighted by molar-refractivity contribution is 9.40. The third-order valence-electron chi connectivity index (χ3n) is 0.343. The van der Waals surface area contributed by atoms with Crippen molar-refractivity contribution >= 4 is 65.5 Å². The Bertz CT molecular complexity index is 99.9. The normalized spacial score (nSPS) is 11.0. The summed E-state index contributed by atoms with van der Waals surface area (Å²) in [7, 11) is 0. The molecule has 0 aromatic heterocycles. The minimum Gasteiger partial charge on any atom is -0.270 e. The van der Waals surface area contributed by atoms with Crippen molar-refractivity contribution in [3.8, 4) is 0 Å². The minimum atomic E-state index is -0.936. The average Bonchev–Trinajstić information content (AvgIpc) is 1.62.